The fraction of sp³-hybridized carbons (Fsp3) is 0.167. The van der Waals surface area contributed by atoms with Crippen LogP contribution in [0.2, 0.25) is 0 Å². The molecule has 0 atom stereocenters. The molecule has 0 unspecified atom stereocenters. The van der Waals surface area contributed by atoms with E-state index in [1.54, 1.807) is 24.3 Å². The standard InChI is InChI=1S/C12H12N2O4/c1-18-10-4-2-3-9(6-10)14-12(17)8(7-13-14)5-11(15)16/h2-4,6-7,13H,5H2,1H3,(H,15,16). The monoisotopic (exact) mass is 248 g/mol. The zero-order valence-electron chi connectivity index (χ0n) is 9.71. The van der Waals surface area contributed by atoms with Gasteiger partial charge in [-0.3, -0.25) is 14.7 Å². The van der Waals surface area contributed by atoms with Gasteiger partial charge in [-0.25, -0.2) is 4.68 Å². The van der Waals surface area contributed by atoms with Crippen LogP contribution in [-0.2, 0) is 11.2 Å². The molecule has 2 N–H and O–H groups in total. The molecule has 0 saturated heterocycles. The van der Waals surface area contributed by atoms with Crippen LogP contribution in [-0.4, -0.2) is 28.0 Å². The van der Waals surface area contributed by atoms with Crippen molar-refractivity contribution in [3.63, 3.8) is 0 Å². The molecule has 1 aromatic heterocycles. The molecule has 0 amide bonds. The number of benzene rings is 1. The molecule has 2 rings (SSSR count). The van der Waals surface area contributed by atoms with Crippen molar-refractivity contribution in [1.82, 2.24) is 9.78 Å². The zero-order chi connectivity index (χ0) is 13.1. The Morgan fingerprint density at radius 2 is 2.28 bits per heavy atom. The second-order valence-corrected chi connectivity index (χ2v) is 3.71. The number of aromatic nitrogens is 2. The molecular weight excluding hydrogens is 236 g/mol. The van der Waals surface area contributed by atoms with E-state index in [0.29, 0.717) is 11.4 Å². The lowest BCUT2D eigenvalue weighted by Crippen LogP contribution is -2.19. The molecule has 0 bridgehead atoms. The van der Waals surface area contributed by atoms with Crippen molar-refractivity contribution in [2.24, 2.45) is 0 Å². The first kappa shape index (κ1) is 12.0. The number of rotatable bonds is 4. The van der Waals surface area contributed by atoms with Crippen LogP contribution in [0.1, 0.15) is 5.56 Å². The number of aliphatic carboxylic acids is 1. The summed E-state index contributed by atoms with van der Waals surface area (Å²) in [5, 5.41) is 11.4. The number of nitrogens with zero attached hydrogens (tertiary/aromatic N) is 1. The predicted octanol–water partition coefficient (Wildman–Crippen LogP) is 0.801. The van der Waals surface area contributed by atoms with Crippen LogP contribution in [0.5, 0.6) is 5.75 Å². The molecule has 94 valence electrons. The summed E-state index contributed by atoms with van der Waals surface area (Å²) in [4.78, 5) is 22.5. The lowest BCUT2D eigenvalue weighted by Gasteiger charge is -2.04. The molecule has 0 aliphatic rings. The molecular formula is C12H12N2O4. The highest BCUT2D eigenvalue weighted by Crippen LogP contribution is 2.14. The maximum Gasteiger partial charge on any atom is 0.308 e. The first-order valence-corrected chi connectivity index (χ1v) is 5.27. The Hall–Kier alpha value is -2.50. The number of hydrogen-bond acceptors (Lipinski definition) is 3. The summed E-state index contributed by atoms with van der Waals surface area (Å²) in [5.74, 6) is -0.419. The van der Waals surface area contributed by atoms with Gasteiger partial charge in [-0.1, -0.05) is 6.07 Å². The quantitative estimate of drug-likeness (QED) is 0.838. The number of H-pyrrole nitrogens is 1. The zero-order valence-corrected chi connectivity index (χ0v) is 9.71. The summed E-state index contributed by atoms with van der Waals surface area (Å²) < 4.78 is 6.34. The molecule has 0 radical (unpaired) electrons. The van der Waals surface area contributed by atoms with Gasteiger partial charge in [-0.05, 0) is 12.1 Å². The van der Waals surface area contributed by atoms with Gasteiger partial charge in [0.15, 0.2) is 0 Å². The smallest absolute Gasteiger partial charge is 0.308 e. The summed E-state index contributed by atoms with van der Waals surface area (Å²) in [6, 6.07) is 6.92. The van der Waals surface area contributed by atoms with E-state index >= 15 is 0 Å². The molecule has 0 saturated carbocycles. The highest BCUT2D eigenvalue weighted by Gasteiger charge is 2.11. The molecule has 18 heavy (non-hydrogen) atoms. The average Bonchev–Trinajstić information content (AvgIpc) is 2.70. The van der Waals surface area contributed by atoms with Gasteiger partial charge in [0.1, 0.15) is 5.75 Å². The molecule has 6 heteroatoms. The van der Waals surface area contributed by atoms with E-state index in [4.69, 9.17) is 9.84 Å². The van der Waals surface area contributed by atoms with Crippen LogP contribution in [0.4, 0.5) is 0 Å². The third-order valence-corrected chi connectivity index (χ3v) is 2.50. The fourth-order valence-corrected chi connectivity index (χ4v) is 1.64. The summed E-state index contributed by atoms with van der Waals surface area (Å²) in [6.07, 6.45) is 1.10. The fourth-order valence-electron chi connectivity index (χ4n) is 1.64. The van der Waals surface area contributed by atoms with E-state index in [1.165, 1.54) is 18.0 Å². The molecule has 2 aromatic rings. The highest BCUT2D eigenvalue weighted by atomic mass is 16.5. The lowest BCUT2D eigenvalue weighted by molar-refractivity contribution is -0.136. The van der Waals surface area contributed by atoms with Gasteiger partial charge in [-0.2, -0.15) is 0 Å². The van der Waals surface area contributed by atoms with E-state index in [2.05, 4.69) is 5.10 Å². The number of carboxylic acid groups (broad SMARTS) is 1. The third kappa shape index (κ3) is 2.27. The summed E-state index contributed by atoms with van der Waals surface area (Å²) in [6.45, 7) is 0. The van der Waals surface area contributed by atoms with Gasteiger partial charge < -0.3 is 9.84 Å². The SMILES string of the molecule is COc1cccc(-n2[nH]cc(CC(=O)O)c2=O)c1. The summed E-state index contributed by atoms with van der Waals surface area (Å²) in [5.41, 5.74) is 0.437. The predicted molar refractivity (Wildman–Crippen MR) is 64.3 cm³/mol. The van der Waals surface area contributed by atoms with E-state index in [0.717, 1.165) is 0 Å². The number of carbonyl (C=O) groups is 1. The van der Waals surface area contributed by atoms with Gasteiger partial charge in [-0.15, -0.1) is 0 Å². The van der Waals surface area contributed by atoms with Gasteiger partial charge in [0, 0.05) is 17.8 Å². The summed E-state index contributed by atoms with van der Waals surface area (Å²) >= 11 is 0. The molecule has 1 aromatic carbocycles. The molecule has 0 fully saturated rings. The molecule has 0 aliphatic heterocycles. The number of ether oxygens (including phenoxy) is 1. The highest BCUT2D eigenvalue weighted by molar-refractivity contribution is 5.69. The second kappa shape index (κ2) is 4.79. The van der Waals surface area contributed by atoms with Crippen molar-refractivity contribution >= 4 is 5.97 Å². The van der Waals surface area contributed by atoms with Crippen molar-refractivity contribution in [2.75, 3.05) is 7.11 Å². The third-order valence-electron chi connectivity index (χ3n) is 2.50. The Kier molecular flexibility index (Phi) is 3.18. The van der Waals surface area contributed by atoms with E-state index in [1.807, 2.05) is 0 Å². The second-order valence-electron chi connectivity index (χ2n) is 3.71. The van der Waals surface area contributed by atoms with E-state index in [9.17, 15) is 9.59 Å². The Labute approximate surface area is 102 Å². The molecule has 0 spiro atoms. The van der Waals surface area contributed by atoms with Gasteiger partial charge in [0.2, 0.25) is 0 Å². The van der Waals surface area contributed by atoms with Crippen molar-refractivity contribution in [1.29, 1.82) is 0 Å². The van der Waals surface area contributed by atoms with Gasteiger partial charge in [0.25, 0.3) is 5.56 Å². The Balaban J connectivity index is 2.42. The van der Waals surface area contributed by atoms with E-state index < -0.39 is 5.97 Å². The first-order valence-electron chi connectivity index (χ1n) is 5.27. The van der Waals surface area contributed by atoms with Crippen molar-refractivity contribution in [2.45, 2.75) is 6.42 Å². The van der Waals surface area contributed by atoms with Crippen LogP contribution in [0.25, 0.3) is 5.69 Å². The maximum absolute atomic E-state index is 11.9. The topological polar surface area (TPSA) is 84.3 Å². The largest absolute Gasteiger partial charge is 0.497 e. The normalized spacial score (nSPS) is 10.3. The minimum Gasteiger partial charge on any atom is -0.497 e. The number of hydrogen-bond donors (Lipinski definition) is 2. The summed E-state index contributed by atoms with van der Waals surface area (Å²) in [7, 11) is 1.53. The first-order chi connectivity index (χ1) is 8.61. The number of nitrogens with one attached hydrogen (secondary N) is 1. The molecule has 6 nitrogen and oxygen atoms in total. The number of carboxylic acids is 1. The lowest BCUT2D eigenvalue weighted by atomic mass is 10.2. The van der Waals surface area contributed by atoms with Crippen molar-refractivity contribution in [3.05, 3.63) is 46.4 Å². The Bertz CT molecular complexity index is 627. The number of aromatic amines is 1. The Morgan fingerprint density at radius 3 is 2.94 bits per heavy atom. The molecule has 1 heterocycles. The number of methoxy groups -OCH3 is 1. The Morgan fingerprint density at radius 1 is 1.50 bits per heavy atom. The van der Waals surface area contributed by atoms with Crippen molar-refractivity contribution in [3.8, 4) is 11.4 Å². The van der Waals surface area contributed by atoms with E-state index in [-0.39, 0.29) is 17.5 Å². The van der Waals surface area contributed by atoms with Gasteiger partial charge >= 0.3 is 5.97 Å². The van der Waals surface area contributed by atoms with Crippen molar-refractivity contribution < 1.29 is 14.6 Å². The minimum atomic E-state index is -1.04. The van der Waals surface area contributed by atoms with Crippen LogP contribution in [0.15, 0.2) is 35.3 Å². The van der Waals surface area contributed by atoms with Gasteiger partial charge in [0.05, 0.1) is 19.2 Å². The van der Waals surface area contributed by atoms with Crippen LogP contribution >= 0.6 is 0 Å². The van der Waals surface area contributed by atoms with Crippen LogP contribution < -0.4 is 10.3 Å². The molecule has 0 aliphatic carbocycles. The van der Waals surface area contributed by atoms with Crippen LogP contribution in [0, 0.1) is 0 Å². The average molecular weight is 248 g/mol. The maximum atomic E-state index is 11.9. The minimum absolute atomic E-state index is 0.213. The van der Waals surface area contributed by atoms with Crippen LogP contribution in [0.3, 0.4) is 0 Å².